The highest BCUT2D eigenvalue weighted by atomic mass is 19.2. The minimum absolute atomic E-state index is 0.175. The highest BCUT2D eigenvalue weighted by Crippen LogP contribution is 2.25. The topological polar surface area (TPSA) is 0 Å². The molecule has 0 radical (unpaired) electrons. The van der Waals surface area contributed by atoms with Gasteiger partial charge in [0.2, 0.25) is 0 Å². The SMILES string of the molecule is CCCC/C(F)=C(/F)c1ccc(Cc2ccc(CCC)cc2)cc1. The van der Waals surface area contributed by atoms with Gasteiger partial charge >= 0.3 is 0 Å². The van der Waals surface area contributed by atoms with Crippen molar-refractivity contribution in [3.05, 3.63) is 76.6 Å². The molecule has 0 heterocycles. The molecule has 2 aromatic carbocycles. The second kappa shape index (κ2) is 9.36. The predicted octanol–water partition coefficient (Wildman–Crippen LogP) is 7.03. The third-order valence-electron chi connectivity index (χ3n) is 4.17. The van der Waals surface area contributed by atoms with Crippen LogP contribution in [0.2, 0.25) is 0 Å². The third kappa shape index (κ3) is 5.30. The van der Waals surface area contributed by atoms with Gasteiger partial charge in [-0.15, -0.1) is 0 Å². The van der Waals surface area contributed by atoms with Crippen LogP contribution in [-0.4, -0.2) is 0 Å². The van der Waals surface area contributed by atoms with Gasteiger partial charge < -0.3 is 0 Å². The summed E-state index contributed by atoms with van der Waals surface area (Å²) in [7, 11) is 0. The zero-order valence-electron chi connectivity index (χ0n) is 14.6. The first-order chi connectivity index (χ1) is 11.6. The molecule has 0 amide bonds. The molecule has 0 fully saturated rings. The molecular weight excluding hydrogens is 302 g/mol. The van der Waals surface area contributed by atoms with Crippen LogP contribution < -0.4 is 0 Å². The lowest BCUT2D eigenvalue weighted by Crippen LogP contribution is -1.91. The summed E-state index contributed by atoms with van der Waals surface area (Å²) in [6, 6.07) is 15.7. The molecule has 0 bridgehead atoms. The van der Waals surface area contributed by atoms with Crippen LogP contribution in [0.4, 0.5) is 8.78 Å². The van der Waals surface area contributed by atoms with E-state index in [9.17, 15) is 8.78 Å². The monoisotopic (exact) mass is 328 g/mol. The number of halogens is 2. The fourth-order valence-electron chi connectivity index (χ4n) is 2.72. The van der Waals surface area contributed by atoms with Crippen molar-refractivity contribution < 1.29 is 8.78 Å². The summed E-state index contributed by atoms with van der Waals surface area (Å²) in [6.45, 7) is 4.14. The quantitative estimate of drug-likeness (QED) is 0.488. The van der Waals surface area contributed by atoms with E-state index in [0.717, 1.165) is 31.2 Å². The van der Waals surface area contributed by atoms with E-state index in [1.165, 1.54) is 11.1 Å². The second-order valence-corrected chi connectivity index (χ2v) is 6.26. The maximum Gasteiger partial charge on any atom is 0.161 e. The predicted molar refractivity (Wildman–Crippen MR) is 98.3 cm³/mol. The molecule has 128 valence electrons. The van der Waals surface area contributed by atoms with Gasteiger partial charge in [-0.05, 0) is 36.0 Å². The second-order valence-electron chi connectivity index (χ2n) is 6.26. The number of allylic oxidation sites excluding steroid dienone is 1. The van der Waals surface area contributed by atoms with Gasteiger partial charge in [-0.1, -0.05) is 75.2 Å². The van der Waals surface area contributed by atoms with Gasteiger partial charge in [-0.3, -0.25) is 0 Å². The van der Waals surface area contributed by atoms with Crippen molar-refractivity contribution in [1.29, 1.82) is 0 Å². The molecule has 2 rings (SSSR count). The Kier molecular flexibility index (Phi) is 7.17. The number of unbranched alkanes of at least 4 members (excludes halogenated alkanes) is 1. The van der Waals surface area contributed by atoms with Crippen molar-refractivity contribution in [2.24, 2.45) is 0 Å². The number of rotatable bonds is 8. The molecule has 0 aliphatic heterocycles. The minimum atomic E-state index is -0.723. The van der Waals surface area contributed by atoms with Crippen LogP contribution in [-0.2, 0) is 12.8 Å². The zero-order valence-corrected chi connectivity index (χ0v) is 14.6. The Bertz CT molecular complexity index is 651. The Morgan fingerprint density at radius 2 is 1.29 bits per heavy atom. The van der Waals surface area contributed by atoms with Gasteiger partial charge in [0.05, 0.1) is 0 Å². The average molecular weight is 328 g/mol. The largest absolute Gasteiger partial charge is 0.209 e. The third-order valence-corrected chi connectivity index (χ3v) is 4.17. The Balaban J connectivity index is 2.03. The first-order valence-corrected chi connectivity index (χ1v) is 8.85. The summed E-state index contributed by atoms with van der Waals surface area (Å²) in [5.41, 5.74) is 4.01. The fraction of sp³-hybridized carbons (Fsp3) is 0.364. The van der Waals surface area contributed by atoms with Crippen LogP contribution in [0.5, 0.6) is 0 Å². The number of aryl methyl sites for hydroxylation is 1. The van der Waals surface area contributed by atoms with Gasteiger partial charge in [0.1, 0.15) is 5.83 Å². The highest BCUT2D eigenvalue weighted by molar-refractivity contribution is 5.61. The summed E-state index contributed by atoms with van der Waals surface area (Å²) in [5.74, 6) is -1.37. The zero-order chi connectivity index (χ0) is 17.4. The van der Waals surface area contributed by atoms with Crippen molar-refractivity contribution in [2.45, 2.75) is 52.4 Å². The van der Waals surface area contributed by atoms with E-state index >= 15 is 0 Å². The maximum absolute atomic E-state index is 14.0. The first kappa shape index (κ1) is 18.4. The number of benzene rings is 2. The molecule has 0 nitrogen and oxygen atoms in total. The molecule has 0 spiro atoms. The van der Waals surface area contributed by atoms with Crippen LogP contribution in [0.1, 0.15) is 61.8 Å². The smallest absolute Gasteiger partial charge is 0.161 e. The van der Waals surface area contributed by atoms with E-state index in [2.05, 4.69) is 31.2 Å². The number of hydrogen-bond acceptors (Lipinski definition) is 0. The molecule has 24 heavy (non-hydrogen) atoms. The summed E-state index contributed by atoms with van der Waals surface area (Å²) in [5, 5.41) is 0. The average Bonchev–Trinajstić information content (AvgIpc) is 2.61. The molecule has 0 unspecified atom stereocenters. The van der Waals surface area contributed by atoms with Crippen LogP contribution in [0.3, 0.4) is 0 Å². The Morgan fingerprint density at radius 3 is 1.83 bits per heavy atom. The fourth-order valence-corrected chi connectivity index (χ4v) is 2.72. The van der Waals surface area contributed by atoms with Crippen molar-refractivity contribution in [1.82, 2.24) is 0 Å². The summed E-state index contributed by atoms with van der Waals surface area (Å²) in [4.78, 5) is 0. The molecule has 0 saturated heterocycles. The summed E-state index contributed by atoms with van der Waals surface area (Å²) >= 11 is 0. The first-order valence-electron chi connectivity index (χ1n) is 8.85. The molecule has 0 aliphatic rings. The minimum Gasteiger partial charge on any atom is -0.209 e. The van der Waals surface area contributed by atoms with Crippen molar-refractivity contribution in [2.75, 3.05) is 0 Å². The lowest BCUT2D eigenvalue weighted by molar-refractivity contribution is 0.548. The molecule has 0 saturated carbocycles. The molecular formula is C22H26F2. The van der Waals surface area contributed by atoms with Crippen molar-refractivity contribution >= 4 is 5.83 Å². The molecule has 0 N–H and O–H groups in total. The van der Waals surface area contributed by atoms with Gasteiger partial charge in [-0.25, -0.2) is 8.78 Å². The van der Waals surface area contributed by atoms with Gasteiger partial charge in [0.15, 0.2) is 5.83 Å². The van der Waals surface area contributed by atoms with E-state index in [0.29, 0.717) is 12.0 Å². The van der Waals surface area contributed by atoms with Crippen LogP contribution in [0, 0.1) is 0 Å². The van der Waals surface area contributed by atoms with Crippen molar-refractivity contribution in [3.63, 3.8) is 0 Å². The van der Waals surface area contributed by atoms with E-state index in [1.807, 2.05) is 19.1 Å². The Labute approximate surface area is 144 Å². The molecule has 0 aromatic heterocycles. The van der Waals surface area contributed by atoms with Crippen molar-refractivity contribution in [3.8, 4) is 0 Å². The van der Waals surface area contributed by atoms with Crippen LogP contribution in [0.15, 0.2) is 54.4 Å². The molecule has 2 aromatic rings. The van der Waals surface area contributed by atoms with E-state index in [4.69, 9.17) is 0 Å². The normalized spacial score (nSPS) is 12.2. The molecule has 2 heteroatoms. The van der Waals surface area contributed by atoms with Gasteiger partial charge in [0, 0.05) is 12.0 Å². The van der Waals surface area contributed by atoms with E-state index < -0.39 is 11.7 Å². The molecule has 0 aliphatic carbocycles. The Hall–Kier alpha value is -1.96. The summed E-state index contributed by atoms with van der Waals surface area (Å²) in [6.07, 6.45) is 4.76. The van der Waals surface area contributed by atoms with Gasteiger partial charge in [0.25, 0.3) is 0 Å². The highest BCUT2D eigenvalue weighted by Gasteiger charge is 2.08. The standard InChI is InChI=1S/C22H26F2/c1-3-5-7-21(23)22(24)20-14-12-19(13-15-20)16-18-10-8-17(6-4-2)9-11-18/h8-15H,3-7,16H2,1-2H3/b22-21-. The molecule has 0 atom stereocenters. The maximum atomic E-state index is 14.0. The van der Waals surface area contributed by atoms with E-state index in [1.54, 1.807) is 12.1 Å². The lowest BCUT2D eigenvalue weighted by atomic mass is 10.0. The van der Waals surface area contributed by atoms with Crippen LogP contribution >= 0.6 is 0 Å². The number of hydrogen-bond donors (Lipinski definition) is 0. The van der Waals surface area contributed by atoms with Crippen LogP contribution in [0.25, 0.3) is 5.83 Å². The Morgan fingerprint density at radius 1 is 0.750 bits per heavy atom. The van der Waals surface area contributed by atoms with Gasteiger partial charge in [-0.2, -0.15) is 0 Å². The van der Waals surface area contributed by atoms with E-state index in [-0.39, 0.29) is 6.42 Å². The summed E-state index contributed by atoms with van der Waals surface area (Å²) < 4.78 is 27.8. The lowest BCUT2D eigenvalue weighted by Gasteiger charge is -2.06.